The van der Waals surface area contributed by atoms with Gasteiger partial charge in [0.15, 0.2) is 0 Å². The van der Waals surface area contributed by atoms with Crippen LogP contribution in [0.1, 0.15) is 53.4 Å². The number of nitrogens with one attached hydrogen (secondary N) is 1. The van der Waals surface area contributed by atoms with Gasteiger partial charge in [-0.3, -0.25) is 0 Å². The summed E-state index contributed by atoms with van der Waals surface area (Å²) in [6.45, 7) is 11.5. The van der Waals surface area contributed by atoms with Gasteiger partial charge in [-0.05, 0) is 65.2 Å². The summed E-state index contributed by atoms with van der Waals surface area (Å²) in [7, 11) is 6.68. The number of rotatable bonds is 11. The highest BCUT2D eigenvalue weighted by atomic mass is 16.3. The van der Waals surface area contributed by atoms with Crippen LogP contribution in [0.3, 0.4) is 0 Å². The van der Waals surface area contributed by atoms with Gasteiger partial charge in [0.1, 0.15) is 0 Å². The van der Waals surface area contributed by atoms with Crippen LogP contribution in [0, 0.1) is 11.8 Å². The van der Waals surface area contributed by atoms with Crippen molar-refractivity contribution in [3.63, 3.8) is 0 Å². The first kappa shape index (κ1) is 19.9. The maximum atomic E-state index is 9.22. The third-order valence-corrected chi connectivity index (χ3v) is 5.85. The minimum Gasteiger partial charge on any atom is -0.395 e. The van der Waals surface area contributed by atoms with E-state index in [-0.39, 0.29) is 18.2 Å². The van der Waals surface area contributed by atoms with E-state index in [1.807, 2.05) is 0 Å². The van der Waals surface area contributed by atoms with Gasteiger partial charge in [0.25, 0.3) is 0 Å². The Morgan fingerprint density at radius 1 is 1.32 bits per heavy atom. The molecule has 0 radical (unpaired) electrons. The highest BCUT2D eigenvalue weighted by Gasteiger charge is 2.47. The zero-order valence-electron chi connectivity index (χ0n) is 16.0. The normalized spacial score (nSPS) is 26.0. The molecule has 0 heterocycles. The van der Waals surface area contributed by atoms with Crippen molar-refractivity contribution < 1.29 is 9.70 Å². The van der Waals surface area contributed by atoms with Gasteiger partial charge in [-0.1, -0.05) is 0 Å². The zero-order chi connectivity index (χ0) is 17.0. The fraction of sp³-hybridized carbons (Fsp3) is 1.00. The molecule has 2 N–H and O–H groups in total. The average Bonchev–Trinajstić information content (AvgIpc) is 3.23. The third-order valence-electron chi connectivity index (χ3n) is 5.85. The Bertz CT molecular complexity index is 332. The Hall–Kier alpha value is -0.160. The van der Waals surface area contributed by atoms with E-state index in [1.165, 1.54) is 32.2 Å². The van der Waals surface area contributed by atoms with Crippen LogP contribution in [-0.4, -0.2) is 67.1 Å². The van der Waals surface area contributed by atoms with E-state index in [0.717, 1.165) is 23.0 Å². The molecule has 1 aliphatic rings. The number of aliphatic hydroxyl groups excluding tert-OH is 1. The van der Waals surface area contributed by atoms with Gasteiger partial charge >= 0.3 is 0 Å². The Morgan fingerprint density at radius 2 is 1.95 bits per heavy atom. The maximum absolute atomic E-state index is 9.22. The monoisotopic (exact) mass is 314 g/mol. The number of unbranched alkanes of at least 4 members (excludes halogenated alkanes) is 1. The second-order valence-electron chi connectivity index (χ2n) is 8.27. The minimum atomic E-state index is 0.157. The molecule has 0 aromatic rings. The lowest BCUT2D eigenvalue weighted by atomic mass is 9.94. The van der Waals surface area contributed by atoms with Gasteiger partial charge in [0, 0.05) is 25.7 Å². The molecule has 0 aromatic carbocycles. The van der Waals surface area contributed by atoms with Crippen LogP contribution in [0.2, 0.25) is 0 Å². The molecular formula is C18H40N3O+. The summed E-state index contributed by atoms with van der Waals surface area (Å²) >= 11 is 0. The smallest absolute Gasteiger partial charge is 0.0961 e. The van der Waals surface area contributed by atoms with Crippen LogP contribution < -0.4 is 5.32 Å². The molecule has 0 amide bonds. The maximum Gasteiger partial charge on any atom is 0.0961 e. The molecule has 0 aliphatic heterocycles. The molecule has 1 fully saturated rings. The number of hydrogen-bond acceptors (Lipinski definition) is 3. The van der Waals surface area contributed by atoms with Gasteiger partial charge in [0.05, 0.1) is 26.7 Å². The third kappa shape index (κ3) is 5.48. The summed E-state index contributed by atoms with van der Waals surface area (Å²) in [4.78, 5) is 0. The number of hydrogen-bond donors (Lipinski definition) is 2. The van der Waals surface area contributed by atoms with Crippen molar-refractivity contribution >= 4 is 0 Å². The van der Waals surface area contributed by atoms with Gasteiger partial charge < -0.3 is 10.4 Å². The Labute approximate surface area is 138 Å². The largest absolute Gasteiger partial charge is 0.395 e. The Kier molecular flexibility index (Phi) is 7.31. The topological polar surface area (TPSA) is 35.5 Å². The predicted molar refractivity (Wildman–Crippen MR) is 94.5 cm³/mol. The summed E-state index contributed by atoms with van der Waals surface area (Å²) in [5.41, 5.74) is 0.157. The zero-order valence-corrected chi connectivity index (χ0v) is 16.0. The summed E-state index contributed by atoms with van der Waals surface area (Å²) in [6.07, 6.45) is 5.37. The Morgan fingerprint density at radius 3 is 2.45 bits per heavy atom. The van der Waals surface area contributed by atoms with Crippen LogP contribution in [-0.2, 0) is 0 Å². The van der Waals surface area contributed by atoms with Crippen molar-refractivity contribution in [3.8, 4) is 0 Å². The van der Waals surface area contributed by atoms with Crippen LogP contribution in [0.4, 0.5) is 0 Å². The molecule has 1 aliphatic carbocycles. The van der Waals surface area contributed by atoms with Crippen molar-refractivity contribution in [1.29, 1.82) is 0 Å². The van der Waals surface area contributed by atoms with E-state index in [2.05, 4.69) is 59.2 Å². The van der Waals surface area contributed by atoms with Crippen LogP contribution >= 0.6 is 0 Å². The SMILES string of the molecule is CC[N+](C)(CCCCC1CC1C(C)(C)NC(C)CO)N(C)C. The molecule has 22 heavy (non-hydrogen) atoms. The van der Waals surface area contributed by atoms with Crippen molar-refractivity contribution in [3.05, 3.63) is 0 Å². The highest BCUT2D eigenvalue weighted by molar-refractivity contribution is 5.01. The first-order valence-electron chi connectivity index (χ1n) is 9.07. The van der Waals surface area contributed by atoms with E-state index in [4.69, 9.17) is 0 Å². The molecule has 0 saturated heterocycles. The summed E-state index contributed by atoms with van der Waals surface area (Å²) in [6, 6.07) is 0.193. The molecule has 0 spiro atoms. The molecule has 4 unspecified atom stereocenters. The molecule has 4 atom stereocenters. The summed E-state index contributed by atoms with van der Waals surface area (Å²) in [5, 5.41) is 15.1. The van der Waals surface area contributed by atoms with Gasteiger partial charge in [-0.25, -0.2) is 4.59 Å². The average molecular weight is 315 g/mol. The molecule has 1 saturated carbocycles. The fourth-order valence-electron chi connectivity index (χ4n) is 3.74. The van der Waals surface area contributed by atoms with Crippen LogP contribution in [0.5, 0.6) is 0 Å². The minimum absolute atomic E-state index is 0.157. The first-order valence-corrected chi connectivity index (χ1v) is 9.07. The lowest BCUT2D eigenvalue weighted by Crippen LogP contribution is -2.54. The molecular weight excluding hydrogens is 274 g/mol. The second kappa shape index (κ2) is 8.09. The molecule has 0 bridgehead atoms. The molecule has 4 nitrogen and oxygen atoms in total. The van der Waals surface area contributed by atoms with E-state index in [1.54, 1.807) is 0 Å². The van der Waals surface area contributed by atoms with E-state index in [0.29, 0.717) is 0 Å². The number of quaternary nitrogens is 1. The lowest BCUT2D eigenvalue weighted by Gasteiger charge is -2.38. The van der Waals surface area contributed by atoms with E-state index < -0.39 is 0 Å². The summed E-state index contributed by atoms with van der Waals surface area (Å²) in [5.74, 6) is 1.66. The van der Waals surface area contributed by atoms with E-state index >= 15 is 0 Å². The number of nitrogens with zero attached hydrogens (tertiary/aromatic N) is 2. The second-order valence-corrected chi connectivity index (χ2v) is 8.27. The molecule has 132 valence electrons. The van der Waals surface area contributed by atoms with Crippen molar-refractivity contribution in [2.75, 3.05) is 40.8 Å². The van der Waals surface area contributed by atoms with Crippen LogP contribution in [0.25, 0.3) is 0 Å². The van der Waals surface area contributed by atoms with Crippen molar-refractivity contribution in [2.24, 2.45) is 11.8 Å². The van der Waals surface area contributed by atoms with Crippen molar-refractivity contribution in [1.82, 2.24) is 10.3 Å². The quantitative estimate of drug-likeness (QED) is 0.349. The molecule has 0 aromatic heterocycles. The fourth-order valence-corrected chi connectivity index (χ4v) is 3.74. The number of aliphatic hydroxyl groups is 1. The molecule has 4 heteroatoms. The van der Waals surface area contributed by atoms with Crippen LogP contribution in [0.15, 0.2) is 0 Å². The van der Waals surface area contributed by atoms with E-state index in [9.17, 15) is 5.11 Å². The predicted octanol–water partition coefficient (Wildman–Crippen LogP) is 2.48. The first-order chi connectivity index (χ1) is 10.2. The highest BCUT2D eigenvalue weighted by Crippen LogP contribution is 2.49. The van der Waals surface area contributed by atoms with Gasteiger partial charge in [-0.15, -0.1) is 0 Å². The molecule has 1 rings (SSSR count). The lowest BCUT2D eigenvalue weighted by molar-refractivity contribution is -1.01. The summed E-state index contributed by atoms with van der Waals surface area (Å²) < 4.78 is 1.04. The standard InChI is InChI=1S/C18H40N3O/c1-8-21(7,20(5)6)12-10-9-11-16-13-17(16)18(3,4)19-15(2)14-22/h15-17,19,22H,8-14H2,1-7H3/q+1. The van der Waals surface area contributed by atoms with Gasteiger partial charge in [0.2, 0.25) is 0 Å². The van der Waals surface area contributed by atoms with Crippen molar-refractivity contribution in [2.45, 2.75) is 65.0 Å². The van der Waals surface area contributed by atoms with Gasteiger partial charge in [-0.2, -0.15) is 5.01 Å². The Balaban J connectivity index is 2.26.